The summed E-state index contributed by atoms with van der Waals surface area (Å²) in [6, 6.07) is 11.0. The summed E-state index contributed by atoms with van der Waals surface area (Å²) in [5.41, 5.74) is 1.37. The van der Waals surface area contributed by atoms with Gasteiger partial charge in [0.2, 0.25) is 0 Å². The van der Waals surface area contributed by atoms with Crippen LogP contribution in [0, 0.1) is 0 Å². The minimum atomic E-state index is 0.383. The van der Waals surface area contributed by atoms with Gasteiger partial charge in [0.1, 0.15) is 0 Å². The molecule has 0 fully saturated rings. The zero-order valence-corrected chi connectivity index (χ0v) is 13.3. The van der Waals surface area contributed by atoms with Crippen molar-refractivity contribution >= 4 is 16.5 Å². The van der Waals surface area contributed by atoms with Crippen LogP contribution in [0.15, 0.2) is 36.5 Å². The van der Waals surface area contributed by atoms with Crippen LogP contribution in [0.5, 0.6) is 0 Å². The molecule has 108 valence electrons. The zero-order valence-electron chi connectivity index (χ0n) is 12.5. The second kappa shape index (κ2) is 7.41. The number of anilines is 1. The van der Waals surface area contributed by atoms with E-state index in [0.29, 0.717) is 6.04 Å². The Labute approximate surface area is 125 Å². The van der Waals surface area contributed by atoms with Crippen LogP contribution in [0.4, 0.5) is 5.13 Å². The molecule has 2 rings (SSSR count). The Bertz CT molecular complexity index is 509. The second-order valence-corrected chi connectivity index (χ2v) is 6.02. The van der Waals surface area contributed by atoms with Crippen molar-refractivity contribution < 1.29 is 0 Å². The van der Waals surface area contributed by atoms with Crippen LogP contribution in [0.2, 0.25) is 0 Å². The van der Waals surface area contributed by atoms with E-state index in [9.17, 15) is 0 Å². The number of hydrogen-bond acceptors (Lipinski definition) is 4. The predicted molar refractivity (Wildman–Crippen MR) is 87.6 cm³/mol. The van der Waals surface area contributed by atoms with Gasteiger partial charge in [-0.15, -0.1) is 11.3 Å². The predicted octanol–water partition coefficient (Wildman–Crippen LogP) is 3.49. The summed E-state index contributed by atoms with van der Waals surface area (Å²) in [6.45, 7) is 6.29. The number of nitrogens with zero attached hydrogens (tertiary/aromatic N) is 2. The highest BCUT2D eigenvalue weighted by atomic mass is 32.1. The minimum absolute atomic E-state index is 0.383. The molecule has 20 heavy (non-hydrogen) atoms. The summed E-state index contributed by atoms with van der Waals surface area (Å²) in [7, 11) is 2.11. The molecule has 4 heteroatoms. The van der Waals surface area contributed by atoms with Gasteiger partial charge >= 0.3 is 0 Å². The van der Waals surface area contributed by atoms with Gasteiger partial charge in [-0.3, -0.25) is 0 Å². The molecule has 0 spiro atoms. The average Bonchev–Trinajstić information content (AvgIpc) is 2.96. The van der Waals surface area contributed by atoms with Gasteiger partial charge in [-0.25, -0.2) is 4.98 Å². The summed E-state index contributed by atoms with van der Waals surface area (Å²) < 4.78 is 0. The fraction of sp³-hybridized carbons (Fsp3) is 0.438. The molecule has 0 saturated heterocycles. The lowest BCUT2D eigenvalue weighted by Gasteiger charge is -2.15. The maximum atomic E-state index is 4.54. The van der Waals surface area contributed by atoms with Crippen molar-refractivity contribution in [3.05, 3.63) is 47.0 Å². The van der Waals surface area contributed by atoms with Crippen molar-refractivity contribution in [1.82, 2.24) is 10.3 Å². The van der Waals surface area contributed by atoms with E-state index in [4.69, 9.17) is 0 Å². The summed E-state index contributed by atoms with van der Waals surface area (Å²) in [5, 5.41) is 4.52. The summed E-state index contributed by atoms with van der Waals surface area (Å²) >= 11 is 1.78. The van der Waals surface area contributed by atoms with E-state index in [1.165, 1.54) is 10.4 Å². The molecule has 1 unspecified atom stereocenters. The smallest absolute Gasteiger partial charge is 0.185 e. The molecule has 0 aliphatic carbocycles. The third-order valence-electron chi connectivity index (χ3n) is 3.35. The molecule has 1 aromatic heterocycles. The highest BCUT2D eigenvalue weighted by Gasteiger charge is 2.11. The van der Waals surface area contributed by atoms with Gasteiger partial charge in [0, 0.05) is 30.7 Å². The van der Waals surface area contributed by atoms with Crippen LogP contribution in [0.25, 0.3) is 0 Å². The molecule has 1 atom stereocenters. The quantitative estimate of drug-likeness (QED) is 0.845. The lowest BCUT2D eigenvalue weighted by Crippen LogP contribution is -2.20. The molecule has 0 bridgehead atoms. The van der Waals surface area contributed by atoms with Crippen LogP contribution in [0.1, 0.15) is 30.3 Å². The van der Waals surface area contributed by atoms with Crippen molar-refractivity contribution in [2.75, 3.05) is 25.0 Å². The first-order chi connectivity index (χ1) is 9.70. The van der Waals surface area contributed by atoms with E-state index >= 15 is 0 Å². The second-order valence-electron chi connectivity index (χ2n) is 4.98. The Kier molecular flexibility index (Phi) is 5.56. The lowest BCUT2D eigenvalue weighted by molar-refractivity contribution is 0.606. The first-order valence-electron chi connectivity index (χ1n) is 7.15. The normalized spacial score (nSPS) is 12.3. The number of likely N-dealkylation sites (N-methyl/N-ethyl adjacent to an activating group) is 1. The molecule has 1 N–H and O–H groups in total. The van der Waals surface area contributed by atoms with Crippen LogP contribution >= 0.6 is 11.3 Å². The molecule has 0 amide bonds. The standard InChI is InChI=1S/C16H23N3S/c1-4-17-13(2)15-12-18-16(20-15)19(3)11-10-14-8-6-5-7-9-14/h5-9,12-13,17H,4,10-11H2,1-3H3. The van der Waals surface area contributed by atoms with E-state index in [1.54, 1.807) is 11.3 Å². The third kappa shape index (κ3) is 4.05. The zero-order chi connectivity index (χ0) is 14.4. The largest absolute Gasteiger partial charge is 0.351 e. The maximum absolute atomic E-state index is 4.54. The van der Waals surface area contributed by atoms with Gasteiger partial charge in [-0.1, -0.05) is 37.3 Å². The monoisotopic (exact) mass is 289 g/mol. The summed E-state index contributed by atoms with van der Waals surface area (Å²) in [4.78, 5) is 8.07. The molecule has 0 saturated carbocycles. The molecule has 0 radical (unpaired) electrons. The molecule has 1 aromatic carbocycles. The maximum Gasteiger partial charge on any atom is 0.185 e. The molecular formula is C16H23N3S. The number of benzene rings is 1. The van der Waals surface area contributed by atoms with Gasteiger partial charge in [0.05, 0.1) is 0 Å². The molecule has 0 aliphatic heterocycles. The van der Waals surface area contributed by atoms with Gasteiger partial charge < -0.3 is 10.2 Å². The van der Waals surface area contributed by atoms with Gasteiger partial charge in [-0.05, 0) is 25.5 Å². The summed E-state index contributed by atoms with van der Waals surface area (Å²) in [6.07, 6.45) is 3.04. The Balaban J connectivity index is 1.91. The molecular weight excluding hydrogens is 266 g/mol. The van der Waals surface area contributed by atoms with Crippen molar-refractivity contribution in [2.24, 2.45) is 0 Å². The van der Waals surface area contributed by atoms with Gasteiger partial charge in [-0.2, -0.15) is 0 Å². The number of rotatable bonds is 7. The van der Waals surface area contributed by atoms with Crippen LogP contribution in [0.3, 0.4) is 0 Å². The Morgan fingerprint density at radius 3 is 2.75 bits per heavy atom. The van der Waals surface area contributed by atoms with Crippen LogP contribution in [-0.2, 0) is 6.42 Å². The molecule has 0 aliphatic rings. The van der Waals surface area contributed by atoms with Gasteiger partial charge in [0.25, 0.3) is 0 Å². The van der Waals surface area contributed by atoms with Crippen molar-refractivity contribution in [3.63, 3.8) is 0 Å². The number of thiazole rings is 1. The first-order valence-corrected chi connectivity index (χ1v) is 7.96. The first kappa shape index (κ1) is 15.0. The Morgan fingerprint density at radius 1 is 1.30 bits per heavy atom. The lowest BCUT2D eigenvalue weighted by atomic mass is 10.1. The Morgan fingerprint density at radius 2 is 2.05 bits per heavy atom. The number of nitrogens with one attached hydrogen (secondary N) is 1. The number of hydrogen-bond donors (Lipinski definition) is 1. The van der Waals surface area contributed by atoms with Crippen molar-refractivity contribution in [3.8, 4) is 0 Å². The molecule has 2 aromatic rings. The van der Waals surface area contributed by atoms with E-state index in [-0.39, 0.29) is 0 Å². The molecule has 3 nitrogen and oxygen atoms in total. The van der Waals surface area contributed by atoms with Crippen LogP contribution in [-0.4, -0.2) is 25.1 Å². The van der Waals surface area contributed by atoms with Crippen LogP contribution < -0.4 is 10.2 Å². The average molecular weight is 289 g/mol. The van der Waals surface area contributed by atoms with E-state index in [2.05, 4.69) is 66.4 Å². The summed E-state index contributed by atoms with van der Waals surface area (Å²) in [5.74, 6) is 0. The van der Waals surface area contributed by atoms with Crippen molar-refractivity contribution in [2.45, 2.75) is 26.3 Å². The fourth-order valence-corrected chi connectivity index (χ4v) is 3.03. The Hall–Kier alpha value is -1.39. The number of aromatic nitrogens is 1. The van der Waals surface area contributed by atoms with E-state index in [1.807, 2.05) is 6.20 Å². The van der Waals surface area contributed by atoms with E-state index < -0.39 is 0 Å². The SMILES string of the molecule is CCNC(C)c1cnc(N(C)CCc2ccccc2)s1. The highest BCUT2D eigenvalue weighted by molar-refractivity contribution is 7.15. The highest BCUT2D eigenvalue weighted by Crippen LogP contribution is 2.26. The topological polar surface area (TPSA) is 28.2 Å². The van der Waals surface area contributed by atoms with Gasteiger partial charge in [0.15, 0.2) is 5.13 Å². The van der Waals surface area contributed by atoms with E-state index in [0.717, 1.165) is 24.6 Å². The fourth-order valence-electron chi connectivity index (χ4n) is 2.10. The minimum Gasteiger partial charge on any atom is -0.351 e. The third-order valence-corrected chi connectivity index (χ3v) is 4.65. The molecule has 1 heterocycles. The van der Waals surface area contributed by atoms with Crippen molar-refractivity contribution in [1.29, 1.82) is 0 Å².